The van der Waals surface area contributed by atoms with Crippen molar-refractivity contribution in [3.63, 3.8) is 0 Å². The van der Waals surface area contributed by atoms with Gasteiger partial charge in [0.1, 0.15) is 11.6 Å². The van der Waals surface area contributed by atoms with Crippen LogP contribution in [0.25, 0.3) is 0 Å². The first-order valence-corrected chi connectivity index (χ1v) is 7.07. The molecule has 0 fully saturated rings. The van der Waals surface area contributed by atoms with Crippen LogP contribution >= 0.6 is 15.9 Å². The summed E-state index contributed by atoms with van der Waals surface area (Å²) in [6, 6.07) is 4.22. The van der Waals surface area contributed by atoms with Gasteiger partial charge in [-0.15, -0.1) is 0 Å². The second kappa shape index (κ2) is 5.93. The molecule has 1 heterocycles. The third-order valence-corrected chi connectivity index (χ3v) is 3.72. The fourth-order valence-corrected chi connectivity index (χ4v) is 2.61. The molecule has 0 aliphatic carbocycles. The van der Waals surface area contributed by atoms with E-state index in [1.807, 2.05) is 13.8 Å². The third kappa shape index (κ3) is 2.71. The maximum absolute atomic E-state index is 14.1. The van der Waals surface area contributed by atoms with E-state index in [2.05, 4.69) is 21.0 Å². The summed E-state index contributed by atoms with van der Waals surface area (Å²) >= 11 is 3.43. The Morgan fingerprint density at radius 3 is 2.65 bits per heavy atom. The van der Waals surface area contributed by atoms with Crippen molar-refractivity contribution in [2.45, 2.75) is 25.9 Å². The lowest BCUT2D eigenvalue weighted by Gasteiger charge is -2.18. The van der Waals surface area contributed by atoms with Gasteiger partial charge < -0.3 is 10.5 Å². The van der Waals surface area contributed by atoms with Crippen molar-refractivity contribution in [1.29, 1.82) is 0 Å². The lowest BCUT2D eigenvalue weighted by atomic mass is 10.0. The Bertz CT molecular complexity index is 612. The van der Waals surface area contributed by atoms with Crippen LogP contribution < -0.4 is 10.5 Å². The molecule has 1 aromatic carbocycles. The van der Waals surface area contributed by atoms with Crippen LogP contribution in [0.3, 0.4) is 0 Å². The molecule has 2 rings (SSSR count). The largest absolute Gasteiger partial charge is 0.497 e. The molecule has 0 saturated heterocycles. The summed E-state index contributed by atoms with van der Waals surface area (Å²) in [5.41, 5.74) is 7.39. The molecule has 4 nitrogen and oxygen atoms in total. The fourth-order valence-electron chi connectivity index (χ4n) is 2.09. The van der Waals surface area contributed by atoms with Crippen LogP contribution in [0.2, 0.25) is 0 Å². The maximum atomic E-state index is 14.1. The van der Waals surface area contributed by atoms with Gasteiger partial charge in [0.15, 0.2) is 0 Å². The quantitative estimate of drug-likeness (QED) is 0.926. The minimum absolute atomic E-state index is 0.142. The molecule has 0 aliphatic rings. The molecule has 108 valence electrons. The molecule has 1 atom stereocenters. The van der Waals surface area contributed by atoms with Crippen molar-refractivity contribution < 1.29 is 9.13 Å². The lowest BCUT2D eigenvalue weighted by Crippen LogP contribution is -2.20. The zero-order valence-corrected chi connectivity index (χ0v) is 13.2. The van der Waals surface area contributed by atoms with Crippen molar-refractivity contribution in [2.24, 2.45) is 5.73 Å². The van der Waals surface area contributed by atoms with Gasteiger partial charge in [0.2, 0.25) is 0 Å². The molecule has 1 unspecified atom stereocenters. The number of hydrogen-bond acceptors (Lipinski definition) is 3. The number of hydrogen-bond donors (Lipinski definition) is 1. The Morgan fingerprint density at radius 1 is 1.40 bits per heavy atom. The summed E-state index contributed by atoms with van der Waals surface area (Å²) < 4.78 is 21.7. The van der Waals surface area contributed by atoms with E-state index in [1.54, 1.807) is 23.0 Å². The SMILES string of the molecule is COc1ccc(C(N)c2c(Br)cnn2C(C)C)c(F)c1. The second-order valence-electron chi connectivity index (χ2n) is 4.78. The molecule has 20 heavy (non-hydrogen) atoms. The van der Waals surface area contributed by atoms with Crippen LogP contribution in [0.5, 0.6) is 5.75 Å². The first-order valence-electron chi connectivity index (χ1n) is 6.27. The van der Waals surface area contributed by atoms with E-state index in [-0.39, 0.29) is 11.9 Å². The van der Waals surface area contributed by atoms with Gasteiger partial charge in [-0.25, -0.2) is 4.39 Å². The predicted molar refractivity (Wildman–Crippen MR) is 79.3 cm³/mol. The molecule has 1 aromatic heterocycles. The first kappa shape index (κ1) is 15.0. The van der Waals surface area contributed by atoms with Gasteiger partial charge in [-0.1, -0.05) is 6.07 Å². The average molecular weight is 342 g/mol. The number of rotatable bonds is 4. The monoisotopic (exact) mass is 341 g/mol. The zero-order chi connectivity index (χ0) is 14.9. The van der Waals surface area contributed by atoms with Crippen LogP contribution in [0.15, 0.2) is 28.9 Å². The van der Waals surface area contributed by atoms with Crippen molar-refractivity contribution in [1.82, 2.24) is 9.78 Å². The summed E-state index contributed by atoms with van der Waals surface area (Å²) in [6.45, 7) is 4.00. The van der Waals surface area contributed by atoms with E-state index in [9.17, 15) is 4.39 Å². The molecule has 0 radical (unpaired) electrons. The summed E-state index contributed by atoms with van der Waals surface area (Å²) in [5.74, 6) is 0.0788. The lowest BCUT2D eigenvalue weighted by molar-refractivity contribution is 0.410. The summed E-state index contributed by atoms with van der Waals surface area (Å²) in [5, 5.41) is 4.27. The highest BCUT2D eigenvalue weighted by Crippen LogP contribution is 2.31. The minimum Gasteiger partial charge on any atom is -0.497 e. The Balaban J connectivity index is 2.46. The highest BCUT2D eigenvalue weighted by atomic mass is 79.9. The van der Waals surface area contributed by atoms with E-state index < -0.39 is 6.04 Å². The number of nitrogens with zero attached hydrogens (tertiary/aromatic N) is 2. The van der Waals surface area contributed by atoms with Crippen molar-refractivity contribution in [3.05, 3.63) is 45.9 Å². The molecule has 2 N–H and O–H groups in total. The van der Waals surface area contributed by atoms with Crippen LogP contribution in [0, 0.1) is 5.82 Å². The zero-order valence-electron chi connectivity index (χ0n) is 11.6. The summed E-state index contributed by atoms with van der Waals surface area (Å²) in [4.78, 5) is 0. The van der Waals surface area contributed by atoms with E-state index in [0.717, 1.165) is 10.2 Å². The maximum Gasteiger partial charge on any atom is 0.132 e. The average Bonchev–Trinajstić information content (AvgIpc) is 2.79. The first-order chi connectivity index (χ1) is 9.45. The van der Waals surface area contributed by atoms with Gasteiger partial charge in [0.05, 0.1) is 29.5 Å². The molecule has 0 saturated carbocycles. The number of halogens is 2. The van der Waals surface area contributed by atoms with Gasteiger partial charge in [-0.3, -0.25) is 4.68 Å². The number of methoxy groups -OCH3 is 1. The summed E-state index contributed by atoms with van der Waals surface area (Å²) in [7, 11) is 1.50. The number of ether oxygens (including phenoxy) is 1. The minimum atomic E-state index is -0.597. The van der Waals surface area contributed by atoms with Crippen molar-refractivity contribution in [2.75, 3.05) is 7.11 Å². The van der Waals surface area contributed by atoms with E-state index in [4.69, 9.17) is 10.5 Å². The molecular weight excluding hydrogens is 325 g/mol. The standard InChI is InChI=1S/C14H17BrFN3O/c1-8(2)19-14(11(15)7-18-19)13(17)10-5-4-9(20-3)6-12(10)16/h4-8,13H,17H2,1-3H3. The summed E-state index contributed by atoms with van der Waals surface area (Å²) in [6.07, 6.45) is 1.68. The van der Waals surface area contributed by atoms with E-state index in [0.29, 0.717) is 11.3 Å². The second-order valence-corrected chi connectivity index (χ2v) is 5.64. The van der Waals surface area contributed by atoms with Gasteiger partial charge in [-0.2, -0.15) is 5.10 Å². The van der Waals surface area contributed by atoms with E-state index in [1.165, 1.54) is 13.2 Å². The van der Waals surface area contributed by atoms with Gasteiger partial charge in [0, 0.05) is 17.7 Å². The Hall–Kier alpha value is -1.40. The van der Waals surface area contributed by atoms with Crippen molar-refractivity contribution in [3.8, 4) is 5.75 Å². The molecular formula is C14H17BrFN3O. The van der Waals surface area contributed by atoms with Crippen molar-refractivity contribution >= 4 is 15.9 Å². The Morgan fingerprint density at radius 2 is 2.10 bits per heavy atom. The molecule has 0 amide bonds. The molecule has 0 bridgehead atoms. The van der Waals surface area contributed by atoms with Crippen LogP contribution in [-0.4, -0.2) is 16.9 Å². The van der Waals surface area contributed by atoms with E-state index >= 15 is 0 Å². The number of benzene rings is 1. The number of aromatic nitrogens is 2. The molecule has 0 spiro atoms. The van der Waals surface area contributed by atoms with Gasteiger partial charge in [-0.05, 0) is 35.8 Å². The molecule has 0 aliphatic heterocycles. The highest BCUT2D eigenvalue weighted by Gasteiger charge is 2.22. The third-order valence-electron chi connectivity index (χ3n) is 3.11. The molecule has 2 aromatic rings. The smallest absolute Gasteiger partial charge is 0.132 e. The Labute approximate surface area is 125 Å². The van der Waals surface area contributed by atoms with Crippen LogP contribution in [0.4, 0.5) is 4.39 Å². The van der Waals surface area contributed by atoms with Gasteiger partial charge >= 0.3 is 0 Å². The van der Waals surface area contributed by atoms with Crippen LogP contribution in [-0.2, 0) is 0 Å². The van der Waals surface area contributed by atoms with Crippen LogP contribution in [0.1, 0.15) is 37.2 Å². The molecule has 6 heteroatoms. The highest BCUT2D eigenvalue weighted by molar-refractivity contribution is 9.10. The predicted octanol–water partition coefficient (Wildman–Crippen LogP) is 3.42. The number of nitrogens with two attached hydrogens (primary N) is 1. The normalized spacial score (nSPS) is 12.8. The topological polar surface area (TPSA) is 53.1 Å². The Kier molecular flexibility index (Phi) is 4.45. The fraction of sp³-hybridized carbons (Fsp3) is 0.357. The van der Waals surface area contributed by atoms with Gasteiger partial charge in [0.25, 0.3) is 0 Å².